The van der Waals surface area contributed by atoms with Crippen LogP contribution in [0.25, 0.3) is 0 Å². The van der Waals surface area contributed by atoms with Gasteiger partial charge in [0.15, 0.2) is 0 Å². The van der Waals surface area contributed by atoms with Crippen molar-refractivity contribution in [2.45, 2.75) is 70.4 Å². The molecule has 2 aromatic carbocycles. The first-order valence-electron chi connectivity index (χ1n) is 10.0. The van der Waals surface area contributed by atoms with E-state index in [1.807, 2.05) is 11.8 Å². The van der Waals surface area contributed by atoms with Crippen LogP contribution < -0.4 is 5.19 Å². The maximum atomic E-state index is 10.7. The standard InChI is InChI=1S/C23H34OSSi/c1-5-7-12-19-16-21(17-20(23(19)24)13-8-6-2)25-18-26(3,4)22-14-10-9-11-15-22/h9-11,14-17,24H,5-8,12-13,18H2,1-4H3. The average molecular weight is 387 g/mol. The Morgan fingerprint density at radius 1 is 0.885 bits per heavy atom. The maximum absolute atomic E-state index is 10.7. The van der Waals surface area contributed by atoms with Crippen LogP contribution in [-0.4, -0.2) is 18.6 Å². The average Bonchev–Trinajstić information content (AvgIpc) is 2.65. The Hall–Kier alpha value is -1.19. The minimum absolute atomic E-state index is 0.552. The van der Waals surface area contributed by atoms with E-state index in [1.54, 1.807) is 0 Å². The predicted octanol–water partition coefficient (Wildman–Crippen LogP) is 6.32. The molecule has 3 heteroatoms. The third kappa shape index (κ3) is 5.92. The first-order chi connectivity index (χ1) is 12.5. The van der Waals surface area contributed by atoms with Crippen molar-refractivity contribution in [3.05, 3.63) is 53.6 Å². The van der Waals surface area contributed by atoms with Crippen LogP contribution in [0, 0.1) is 0 Å². The van der Waals surface area contributed by atoms with E-state index in [-0.39, 0.29) is 0 Å². The second kappa shape index (κ2) is 10.2. The van der Waals surface area contributed by atoms with Gasteiger partial charge in [-0.2, -0.15) is 0 Å². The van der Waals surface area contributed by atoms with E-state index in [0.717, 1.165) is 49.7 Å². The van der Waals surface area contributed by atoms with Crippen LogP contribution in [0.3, 0.4) is 0 Å². The molecular weight excluding hydrogens is 352 g/mol. The van der Waals surface area contributed by atoms with Crippen LogP contribution in [0.1, 0.15) is 50.7 Å². The van der Waals surface area contributed by atoms with E-state index in [4.69, 9.17) is 0 Å². The molecule has 0 atom stereocenters. The first kappa shape index (κ1) is 21.1. The largest absolute Gasteiger partial charge is 0.507 e. The molecule has 0 saturated heterocycles. The second-order valence-electron chi connectivity index (χ2n) is 7.84. The van der Waals surface area contributed by atoms with Gasteiger partial charge in [0.05, 0.1) is 8.07 Å². The van der Waals surface area contributed by atoms with Crippen molar-refractivity contribution < 1.29 is 5.11 Å². The second-order valence-corrected chi connectivity index (χ2v) is 14.1. The minimum Gasteiger partial charge on any atom is -0.507 e. The SMILES string of the molecule is CCCCc1cc(SC[Si](C)(C)c2ccccc2)cc(CCCC)c1O. The van der Waals surface area contributed by atoms with Gasteiger partial charge in [-0.3, -0.25) is 0 Å². The van der Waals surface area contributed by atoms with Gasteiger partial charge in [0.25, 0.3) is 0 Å². The Bertz CT molecular complexity index is 653. The zero-order valence-corrected chi connectivity index (χ0v) is 18.7. The Kier molecular flexibility index (Phi) is 8.30. The van der Waals surface area contributed by atoms with Crippen LogP contribution in [0.2, 0.25) is 13.1 Å². The highest BCUT2D eigenvalue weighted by atomic mass is 32.2. The van der Waals surface area contributed by atoms with Gasteiger partial charge in [-0.25, -0.2) is 0 Å². The number of thioether (sulfide) groups is 1. The lowest BCUT2D eigenvalue weighted by molar-refractivity contribution is 0.458. The normalized spacial score (nSPS) is 11.7. The molecule has 1 N–H and O–H groups in total. The Morgan fingerprint density at radius 3 is 1.92 bits per heavy atom. The molecule has 0 aromatic heterocycles. The molecular formula is C23H34OSSi. The first-order valence-corrected chi connectivity index (χ1v) is 14.2. The molecule has 2 rings (SSSR count). The van der Waals surface area contributed by atoms with Crippen LogP contribution in [-0.2, 0) is 12.8 Å². The highest BCUT2D eigenvalue weighted by Crippen LogP contribution is 2.33. The van der Waals surface area contributed by atoms with Gasteiger partial charge >= 0.3 is 0 Å². The fraction of sp³-hybridized carbons (Fsp3) is 0.478. The molecule has 0 aliphatic carbocycles. The predicted molar refractivity (Wildman–Crippen MR) is 120 cm³/mol. The van der Waals surface area contributed by atoms with Crippen molar-refractivity contribution in [3.8, 4) is 5.75 Å². The van der Waals surface area contributed by atoms with Crippen molar-refractivity contribution in [3.63, 3.8) is 0 Å². The van der Waals surface area contributed by atoms with Gasteiger partial charge in [0.1, 0.15) is 5.75 Å². The third-order valence-corrected chi connectivity index (χ3v) is 10.9. The van der Waals surface area contributed by atoms with Crippen LogP contribution in [0.15, 0.2) is 47.4 Å². The number of aromatic hydroxyl groups is 1. The molecule has 0 amide bonds. The molecule has 0 bridgehead atoms. The molecule has 0 unspecified atom stereocenters. The quantitative estimate of drug-likeness (QED) is 0.380. The molecule has 2 aromatic rings. The van der Waals surface area contributed by atoms with Gasteiger partial charge in [0, 0.05) is 4.90 Å². The van der Waals surface area contributed by atoms with Crippen LogP contribution in [0.5, 0.6) is 5.75 Å². The van der Waals surface area contributed by atoms with Crippen molar-refractivity contribution >= 4 is 25.0 Å². The smallest absolute Gasteiger partial charge is 0.122 e. The number of rotatable bonds is 10. The molecule has 0 saturated carbocycles. The van der Waals surface area contributed by atoms with Crippen molar-refractivity contribution in [1.82, 2.24) is 0 Å². The van der Waals surface area contributed by atoms with Gasteiger partial charge in [-0.05, 0) is 54.3 Å². The van der Waals surface area contributed by atoms with Crippen LogP contribution >= 0.6 is 11.8 Å². The molecule has 0 spiro atoms. The minimum atomic E-state index is -1.46. The molecule has 0 radical (unpaired) electrons. The van der Waals surface area contributed by atoms with Crippen molar-refractivity contribution in [2.75, 3.05) is 5.38 Å². The van der Waals surface area contributed by atoms with E-state index in [1.165, 1.54) is 15.5 Å². The summed E-state index contributed by atoms with van der Waals surface area (Å²) in [5.41, 5.74) is 2.28. The molecule has 0 aliphatic rings. The van der Waals surface area contributed by atoms with Gasteiger partial charge < -0.3 is 5.11 Å². The summed E-state index contributed by atoms with van der Waals surface area (Å²) in [4.78, 5) is 1.33. The summed E-state index contributed by atoms with van der Waals surface area (Å²) >= 11 is 1.98. The highest BCUT2D eigenvalue weighted by Gasteiger charge is 2.23. The molecule has 0 fully saturated rings. The summed E-state index contributed by atoms with van der Waals surface area (Å²) in [7, 11) is -1.46. The van der Waals surface area contributed by atoms with E-state index in [0.29, 0.717) is 5.75 Å². The number of hydrogen-bond acceptors (Lipinski definition) is 2. The topological polar surface area (TPSA) is 20.2 Å². The molecule has 0 heterocycles. The zero-order valence-electron chi connectivity index (χ0n) is 16.8. The monoisotopic (exact) mass is 386 g/mol. The van der Waals surface area contributed by atoms with Gasteiger partial charge in [0.2, 0.25) is 0 Å². The Labute approximate surface area is 165 Å². The molecule has 26 heavy (non-hydrogen) atoms. The van der Waals surface area contributed by atoms with E-state index >= 15 is 0 Å². The summed E-state index contributed by atoms with van der Waals surface area (Å²) in [5.74, 6) is 0.552. The zero-order chi connectivity index (χ0) is 19.0. The lowest BCUT2D eigenvalue weighted by atomic mass is 10.0. The summed E-state index contributed by atoms with van der Waals surface area (Å²) in [6.45, 7) is 9.32. The number of aryl methyl sites for hydroxylation is 2. The van der Waals surface area contributed by atoms with E-state index < -0.39 is 8.07 Å². The number of phenols is 1. The van der Waals surface area contributed by atoms with Gasteiger partial charge in [-0.1, -0.05) is 75.3 Å². The number of unbranched alkanes of at least 4 members (excludes halogenated alkanes) is 2. The summed E-state index contributed by atoms with van der Waals surface area (Å²) in [6, 6.07) is 15.4. The summed E-state index contributed by atoms with van der Waals surface area (Å²) in [5, 5.41) is 13.4. The lowest BCUT2D eigenvalue weighted by Crippen LogP contribution is -2.44. The van der Waals surface area contributed by atoms with Crippen molar-refractivity contribution in [1.29, 1.82) is 0 Å². The van der Waals surface area contributed by atoms with E-state index in [9.17, 15) is 5.11 Å². The Morgan fingerprint density at radius 2 is 1.42 bits per heavy atom. The third-order valence-electron chi connectivity index (χ3n) is 5.00. The Balaban J connectivity index is 2.19. The highest BCUT2D eigenvalue weighted by molar-refractivity contribution is 8.01. The number of phenolic OH excluding ortho intramolecular Hbond substituents is 1. The number of benzene rings is 2. The summed E-state index contributed by atoms with van der Waals surface area (Å²) < 4.78 is 0. The van der Waals surface area contributed by atoms with E-state index in [2.05, 4.69) is 69.4 Å². The fourth-order valence-corrected chi connectivity index (χ4v) is 7.49. The fourth-order valence-electron chi connectivity index (χ4n) is 3.16. The summed E-state index contributed by atoms with van der Waals surface area (Å²) in [6.07, 6.45) is 6.56. The number of hydrogen-bond donors (Lipinski definition) is 1. The molecule has 142 valence electrons. The van der Waals surface area contributed by atoms with Gasteiger partial charge in [-0.15, -0.1) is 11.8 Å². The molecule has 1 nitrogen and oxygen atoms in total. The molecule has 0 aliphatic heterocycles. The lowest BCUT2D eigenvalue weighted by Gasteiger charge is -2.23. The van der Waals surface area contributed by atoms with Crippen LogP contribution in [0.4, 0.5) is 0 Å². The van der Waals surface area contributed by atoms with Crippen molar-refractivity contribution in [2.24, 2.45) is 0 Å². The maximum Gasteiger partial charge on any atom is 0.122 e.